The molecule has 21 heavy (non-hydrogen) atoms. The number of carboxylic acid groups (broad SMARTS) is 1. The lowest BCUT2D eigenvalue weighted by Gasteiger charge is -2.00. The Hall–Kier alpha value is -2.88. The van der Waals surface area contributed by atoms with Gasteiger partial charge in [-0.15, -0.1) is 0 Å². The van der Waals surface area contributed by atoms with E-state index in [9.17, 15) is 4.79 Å². The van der Waals surface area contributed by atoms with E-state index in [-0.39, 0.29) is 5.56 Å². The molecule has 106 valence electrons. The van der Waals surface area contributed by atoms with E-state index in [0.717, 1.165) is 16.8 Å². The lowest BCUT2D eigenvalue weighted by molar-refractivity contribution is 0.0697. The molecule has 0 aliphatic heterocycles. The van der Waals surface area contributed by atoms with Gasteiger partial charge in [0.1, 0.15) is 0 Å². The largest absolute Gasteiger partial charge is 0.478 e. The summed E-state index contributed by atoms with van der Waals surface area (Å²) in [4.78, 5) is 10.7. The quantitative estimate of drug-likeness (QED) is 0.645. The number of rotatable bonds is 5. The van der Waals surface area contributed by atoms with Crippen LogP contribution in [0.15, 0.2) is 65.3 Å². The molecule has 0 amide bonds. The van der Waals surface area contributed by atoms with Crippen LogP contribution in [0.1, 0.15) is 22.8 Å². The first kappa shape index (κ1) is 14.5. The smallest absolute Gasteiger partial charge is 0.335 e. The fraction of sp³-hybridized carbons (Fsp3) is 0.0588. The fourth-order valence-electron chi connectivity index (χ4n) is 1.75. The number of nitrogens with zero attached hydrogens (tertiary/aromatic N) is 1. The zero-order valence-corrected chi connectivity index (χ0v) is 11.7. The van der Waals surface area contributed by atoms with Gasteiger partial charge in [-0.3, -0.25) is 5.43 Å². The van der Waals surface area contributed by atoms with E-state index in [1.807, 2.05) is 43.3 Å². The fourth-order valence-corrected chi connectivity index (χ4v) is 1.75. The number of benzene rings is 2. The van der Waals surface area contributed by atoms with E-state index < -0.39 is 5.97 Å². The number of carbonyl (C=O) groups is 1. The van der Waals surface area contributed by atoms with Crippen molar-refractivity contribution < 1.29 is 9.90 Å². The third-order valence-corrected chi connectivity index (χ3v) is 2.79. The highest BCUT2D eigenvalue weighted by Crippen LogP contribution is 2.09. The van der Waals surface area contributed by atoms with Crippen LogP contribution >= 0.6 is 0 Å². The number of anilines is 1. The Bertz CT molecular complexity index is 659. The monoisotopic (exact) mass is 280 g/mol. The first-order valence-corrected chi connectivity index (χ1v) is 6.51. The summed E-state index contributed by atoms with van der Waals surface area (Å²) in [5.41, 5.74) is 5.98. The molecule has 4 nitrogen and oxygen atoms in total. The molecule has 0 spiro atoms. The summed E-state index contributed by atoms with van der Waals surface area (Å²) >= 11 is 0. The maximum Gasteiger partial charge on any atom is 0.335 e. The van der Waals surface area contributed by atoms with Gasteiger partial charge < -0.3 is 5.11 Å². The lowest BCUT2D eigenvalue weighted by atomic mass is 10.1. The Morgan fingerprint density at radius 2 is 1.76 bits per heavy atom. The van der Waals surface area contributed by atoms with Gasteiger partial charge in [0.25, 0.3) is 0 Å². The normalized spacial score (nSPS) is 11.6. The molecule has 0 saturated heterocycles. The van der Waals surface area contributed by atoms with Gasteiger partial charge in [0.2, 0.25) is 0 Å². The first-order valence-electron chi connectivity index (χ1n) is 6.51. The van der Waals surface area contributed by atoms with E-state index in [0.29, 0.717) is 0 Å². The van der Waals surface area contributed by atoms with E-state index in [2.05, 4.69) is 10.5 Å². The van der Waals surface area contributed by atoms with Crippen LogP contribution in [0.5, 0.6) is 0 Å². The van der Waals surface area contributed by atoms with Crippen molar-refractivity contribution in [2.75, 3.05) is 5.43 Å². The Balaban J connectivity index is 1.95. The van der Waals surface area contributed by atoms with Crippen molar-refractivity contribution >= 4 is 23.9 Å². The van der Waals surface area contributed by atoms with Gasteiger partial charge in [-0.2, -0.15) is 5.10 Å². The molecule has 2 rings (SSSR count). The molecule has 0 aliphatic carbocycles. The number of nitrogens with one attached hydrogen (secondary N) is 1. The molecule has 0 heterocycles. The van der Waals surface area contributed by atoms with Crippen LogP contribution in [0.25, 0.3) is 6.08 Å². The Kier molecular flexibility index (Phi) is 4.88. The van der Waals surface area contributed by atoms with Crippen molar-refractivity contribution in [2.24, 2.45) is 5.10 Å². The zero-order valence-electron chi connectivity index (χ0n) is 11.7. The van der Waals surface area contributed by atoms with Crippen LogP contribution in [-0.4, -0.2) is 17.3 Å². The van der Waals surface area contributed by atoms with Crippen LogP contribution in [0.4, 0.5) is 5.69 Å². The van der Waals surface area contributed by atoms with Gasteiger partial charge >= 0.3 is 5.97 Å². The second-order valence-electron chi connectivity index (χ2n) is 4.55. The minimum absolute atomic E-state index is 0.254. The molecule has 2 N–H and O–H groups in total. The number of allylic oxidation sites excluding steroid dienone is 1. The molecule has 0 saturated carbocycles. The summed E-state index contributed by atoms with van der Waals surface area (Å²) in [5.74, 6) is -0.938. The second kappa shape index (κ2) is 7.05. The van der Waals surface area contributed by atoms with Crippen molar-refractivity contribution in [3.63, 3.8) is 0 Å². The highest BCUT2D eigenvalue weighted by molar-refractivity contribution is 5.88. The number of hydrogen-bond acceptors (Lipinski definition) is 3. The minimum atomic E-state index is -0.938. The Morgan fingerprint density at radius 3 is 2.38 bits per heavy atom. The summed E-state index contributed by atoms with van der Waals surface area (Å²) < 4.78 is 0. The van der Waals surface area contributed by atoms with Crippen LogP contribution in [0, 0.1) is 0 Å². The molecule has 0 bridgehead atoms. The van der Waals surface area contributed by atoms with E-state index in [1.165, 1.54) is 12.1 Å². The number of hydrogen-bond donors (Lipinski definition) is 2. The Labute approximate surface area is 123 Å². The van der Waals surface area contributed by atoms with Gasteiger partial charge in [-0.05, 0) is 42.3 Å². The standard InChI is InChI=1S/C17H16N2O2/c1-13(11-14-5-3-2-4-6-14)12-18-19-16-9-7-15(8-10-16)17(20)21/h2-12,19H,1H3,(H,20,21)/b13-11+,18-12-. The van der Waals surface area contributed by atoms with Gasteiger partial charge in [0.15, 0.2) is 0 Å². The summed E-state index contributed by atoms with van der Waals surface area (Å²) in [6.07, 6.45) is 3.75. The third-order valence-electron chi connectivity index (χ3n) is 2.79. The molecule has 0 atom stereocenters. The van der Waals surface area contributed by atoms with Gasteiger partial charge in [0.05, 0.1) is 17.5 Å². The SMILES string of the molecule is CC(/C=N\Nc1ccc(C(=O)O)cc1)=C\c1ccccc1. The third kappa shape index (κ3) is 4.62. The summed E-state index contributed by atoms with van der Waals surface area (Å²) in [7, 11) is 0. The predicted molar refractivity (Wildman–Crippen MR) is 85.6 cm³/mol. The molecule has 0 unspecified atom stereocenters. The van der Waals surface area contributed by atoms with Gasteiger partial charge in [-0.25, -0.2) is 4.79 Å². The van der Waals surface area contributed by atoms with E-state index in [1.54, 1.807) is 18.3 Å². The van der Waals surface area contributed by atoms with Gasteiger partial charge in [-0.1, -0.05) is 36.4 Å². The van der Waals surface area contributed by atoms with Crippen molar-refractivity contribution in [2.45, 2.75) is 6.92 Å². The second-order valence-corrected chi connectivity index (χ2v) is 4.55. The molecule has 2 aromatic carbocycles. The van der Waals surface area contributed by atoms with E-state index in [4.69, 9.17) is 5.11 Å². The van der Waals surface area contributed by atoms with Crippen LogP contribution < -0.4 is 5.43 Å². The molecule has 0 radical (unpaired) electrons. The highest BCUT2D eigenvalue weighted by atomic mass is 16.4. The molecule has 0 aromatic heterocycles. The van der Waals surface area contributed by atoms with Crippen LogP contribution in [-0.2, 0) is 0 Å². The summed E-state index contributed by atoms with van der Waals surface area (Å²) in [6.45, 7) is 1.96. The highest BCUT2D eigenvalue weighted by Gasteiger charge is 2.00. The van der Waals surface area contributed by atoms with Crippen LogP contribution in [0.3, 0.4) is 0 Å². The minimum Gasteiger partial charge on any atom is -0.478 e. The Morgan fingerprint density at radius 1 is 1.10 bits per heavy atom. The molecular formula is C17H16N2O2. The predicted octanol–water partition coefficient (Wildman–Crippen LogP) is 3.89. The summed E-state index contributed by atoms with van der Waals surface area (Å²) in [6, 6.07) is 16.4. The number of carboxylic acids is 1. The molecular weight excluding hydrogens is 264 g/mol. The van der Waals surface area contributed by atoms with Crippen molar-refractivity contribution in [3.8, 4) is 0 Å². The zero-order chi connectivity index (χ0) is 15.1. The van der Waals surface area contributed by atoms with Crippen molar-refractivity contribution in [1.82, 2.24) is 0 Å². The van der Waals surface area contributed by atoms with E-state index >= 15 is 0 Å². The molecule has 4 heteroatoms. The number of aromatic carboxylic acids is 1. The average Bonchev–Trinajstić information content (AvgIpc) is 2.49. The number of hydrazone groups is 1. The lowest BCUT2D eigenvalue weighted by Crippen LogP contribution is -1.96. The van der Waals surface area contributed by atoms with Crippen molar-refractivity contribution in [3.05, 3.63) is 71.3 Å². The molecule has 0 fully saturated rings. The summed E-state index contributed by atoms with van der Waals surface area (Å²) in [5, 5.41) is 12.9. The molecule has 0 aliphatic rings. The first-order chi connectivity index (χ1) is 10.1. The van der Waals surface area contributed by atoms with Gasteiger partial charge in [0, 0.05) is 0 Å². The van der Waals surface area contributed by atoms with Crippen LogP contribution in [0.2, 0.25) is 0 Å². The van der Waals surface area contributed by atoms with Crippen molar-refractivity contribution in [1.29, 1.82) is 0 Å². The molecule has 2 aromatic rings. The topological polar surface area (TPSA) is 61.7 Å². The maximum atomic E-state index is 10.7. The maximum absolute atomic E-state index is 10.7. The average molecular weight is 280 g/mol.